The Morgan fingerprint density at radius 3 is 2.67 bits per heavy atom. The maximum absolute atomic E-state index is 14.2. The number of nitrogens with two attached hydrogens (primary N) is 1. The Kier molecular flexibility index (Phi) is 4.69. The first kappa shape index (κ1) is 21.9. The van der Waals surface area contributed by atoms with Gasteiger partial charge in [-0.15, -0.1) is 0 Å². The SMILES string of the molecule is C.Cc1noc2cc3c(cc12)C1(CO3)C(=O)N(Cc2ccc(-c3cc(N)n[nH]3)cc2)c2ccccc21. The minimum Gasteiger partial charge on any atom is -0.491 e. The second kappa shape index (κ2) is 7.71. The van der Waals surface area contributed by atoms with Crippen LogP contribution in [0.15, 0.2) is 71.3 Å². The summed E-state index contributed by atoms with van der Waals surface area (Å²) >= 11 is 0. The fraction of sp³-hybridized carbons (Fsp3) is 0.179. The predicted molar refractivity (Wildman–Crippen MR) is 138 cm³/mol. The van der Waals surface area contributed by atoms with E-state index >= 15 is 0 Å². The Hall–Kier alpha value is -4.59. The third-order valence-electron chi connectivity index (χ3n) is 7.12. The lowest BCUT2D eigenvalue weighted by molar-refractivity contribution is -0.122. The van der Waals surface area contributed by atoms with Crippen molar-refractivity contribution in [3.8, 4) is 17.0 Å². The summed E-state index contributed by atoms with van der Waals surface area (Å²) in [5.41, 5.74) is 11.9. The van der Waals surface area contributed by atoms with Crippen LogP contribution in [0.1, 0.15) is 29.8 Å². The number of benzene rings is 3. The van der Waals surface area contributed by atoms with Crippen LogP contribution in [0.2, 0.25) is 0 Å². The fourth-order valence-corrected chi connectivity index (χ4v) is 5.34. The number of rotatable bonds is 3. The first-order chi connectivity index (χ1) is 17.0. The number of fused-ring (bicyclic) bond motifs is 5. The van der Waals surface area contributed by atoms with Crippen molar-refractivity contribution in [3.05, 3.63) is 89.1 Å². The van der Waals surface area contributed by atoms with Gasteiger partial charge in [0.1, 0.15) is 23.6 Å². The smallest absolute Gasteiger partial charge is 0.246 e. The highest BCUT2D eigenvalue weighted by molar-refractivity contribution is 6.12. The van der Waals surface area contributed by atoms with E-state index in [1.807, 2.05) is 72.5 Å². The molecule has 3 aromatic carbocycles. The highest BCUT2D eigenvalue weighted by Crippen LogP contribution is 2.53. The maximum atomic E-state index is 14.2. The van der Waals surface area contributed by atoms with Crippen molar-refractivity contribution in [1.29, 1.82) is 0 Å². The third kappa shape index (κ3) is 2.90. The summed E-state index contributed by atoms with van der Waals surface area (Å²) in [5, 5.41) is 11.9. The van der Waals surface area contributed by atoms with Crippen LogP contribution in [0.25, 0.3) is 22.2 Å². The van der Waals surface area contributed by atoms with Crippen LogP contribution in [0.3, 0.4) is 0 Å². The molecular formula is C28H25N5O3. The average molecular weight is 480 g/mol. The van der Waals surface area contributed by atoms with Crippen LogP contribution in [0, 0.1) is 6.92 Å². The number of para-hydroxylation sites is 1. The third-order valence-corrected chi connectivity index (χ3v) is 7.12. The molecule has 8 nitrogen and oxygen atoms in total. The van der Waals surface area contributed by atoms with Gasteiger partial charge in [0.2, 0.25) is 5.91 Å². The lowest BCUT2D eigenvalue weighted by atomic mass is 9.77. The zero-order chi connectivity index (χ0) is 23.7. The molecule has 4 heterocycles. The van der Waals surface area contributed by atoms with Crippen LogP contribution >= 0.6 is 0 Å². The number of nitrogens with zero attached hydrogens (tertiary/aromatic N) is 3. The molecule has 8 heteroatoms. The summed E-state index contributed by atoms with van der Waals surface area (Å²) in [5.74, 6) is 1.13. The van der Waals surface area contributed by atoms with Gasteiger partial charge < -0.3 is 19.9 Å². The lowest BCUT2D eigenvalue weighted by Crippen LogP contribution is -2.42. The molecule has 1 spiro atoms. The molecule has 0 aliphatic carbocycles. The quantitative estimate of drug-likeness (QED) is 0.378. The number of anilines is 2. The molecule has 1 unspecified atom stereocenters. The number of aromatic amines is 1. The number of carbonyl (C=O) groups is 1. The van der Waals surface area contributed by atoms with E-state index in [1.54, 1.807) is 6.07 Å². The second-order valence-electron chi connectivity index (χ2n) is 9.12. The van der Waals surface area contributed by atoms with Gasteiger partial charge >= 0.3 is 0 Å². The molecule has 1 amide bonds. The summed E-state index contributed by atoms with van der Waals surface area (Å²) < 4.78 is 11.5. The largest absolute Gasteiger partial charge is 0.491 e. The number of nitrogens with one attached hydrogen (secondary N) is 1. The summed E-state index contributed by atoms with van der Waals surface area (Å²) in [4.78, 5) is 16.0. The lowest BCUT2D eigenvalue weighted by Gasteiger charge is -2.23. The van der Waals surface area contributed by atoms with E-state index in [4.69, 9.17) is 15.0 Å². The van der Waals surface area contributed by atoms with Gasteiger partial charge in [0.25, 0.3) is 0 Å². The Bertz CT molecular complexity index is 1640. The Morgan fingerprint density at radius 1 is 1.08 bits per heavy atom. The average Bonchev–Trinajstić information content (AvgIpc) is 3.63. The van der Waals surface area contributed by atoms with E-state index in [1.165, 1.54) is 0 Å². The first-order valence-corrected chi connectivity index (χ1v) is 11.4. The van der Waals surface area contributed by atoms with Gasteiger partial charge in [0, 0.05) is 28.8 Å². The predicted octanol–water partition coefficient (Wildman–Crippen LogP) is 4.97. The van der Waals surface area contributed by atoms with Gasteiger partial charge in [-0.1, -0.05) is 55.0 Å². The van der Waals surface area contributed by atoms with Gasteiger partial charge in [-0.2, -0.15) is 5.10 Å². The monoisotopic (exact) mass is 479 g/mol. The molecule has 5 aromatic rings. The number of ether oxygens (including phenoxy) is 1. The normalized spacial score (nSPS) is 17.8. The molecule has 180 valence electrons. The first-order valence-electron chi connectivity index (χ1n) is 11.4. The molecule has 2 aliphatic heterocycles. The Morgan fingerprint density at radius 2 is 1.89 bits per heavy atom. The van der Waals surface area contributed by atoms with E-state index < -0.39 is 5.41 Å². The summed E-state index contributed by atoms with van der Waals surface area (Å²) in [6, 6.07) is 21.7. The van der Waals surface area contributed by atoms with Crippen LogP contribution < -0.4 is 15.4 Å². The molecule has 36 heavy (non-hydrogen) atoms. The van der Waals surface area contributed by atoms with Crippen LogP contribution in [0.5, 0.6) is 5.75 Å². The van der Waals surface area contributed by atoms with Crippen molar-refractivity contribution < 1.29 is 14.1 Å². The van der Waals surface area contributed by atoms with Crippen LogP contribution in [0.4, 0.5) is 11.5 Å². The number of aromatic nitrogens is 3. The molecular weight excluding hydrogens is 454 g/mol. The number of carbonyl (C=O) groups excluding carboxylic acids is 1. The summed E-state index contributed by atoms with van der Waals surface area (Å²) in [6.45, 7) is 2.61. The van der Waals surface area contributed by atoms with Crippen molar-refractivity contribution in [2.45, 2.75) is 26.3 Å². The van der Waals surface area contributed by atoms with Gasteiger partial charge in [-0.05, 0) is 35.7 Å². The van der Waals surface area contributed by atoms with Crippen LogP contribution in [-0.2, 0) is 16.8 Å². The molecule has 0 bridgehead atoms. The zero-order valence-electron chi connectivity index (χ0n) is 18.9. The van der Waals surface area contributed by atoms with Crippen molar-refractivity contribution in [2.75, 3.05) is 17.2 Å². The number of hydrogen-bond donors (Lipinski definition) is 2. The maximum Gasteiger partial charge on any atom is 0.246 e. The number of amides is 1. The fourth-order valence-electron chi connectivity index (χ4n) is 5.34. The van der Waals surface area contributed by atoms with Crippen LogP contribution in [-0.4, -0.2) is 27.9 Å². The Labute approximate surface area is 207 Å². The summed E-state index contributed by atoms with van der Waals surface area (Å²) in [7, 11) is 0. The van der Waals surface area contributed by atoms with Gasteiger partial charge in [0.15, 0.2) is 5.58 Å². The molecule has 0 saturated heterocycles. The topological polar surface area (TPSA) is 110 Å². The number of H-pyrrole nitrogens is 1. The van der Waals surface area contributed by atoms with E-state index in [2.05, 4.69) is 15.4 Å². The zero-order valence-corrected chi connectivity index (χ0v) is 18.9. The van der Waals surface area contributed by atoms with E-state index in [0.717, 1.165) is 44.7 Å². The molecule has 0 fully saturated rings. The molecule has 1 atom stereocenters. The molecule has 2 aromatic heterocycles. The molecule has 0 radical (unpaired) electrons. The minimum atomic E-state index is -0.892. The van der Waals surface area contributed by atoms with Gasteiger partial charge in [-0.3, -0.25) is 9.89 Å². The van der Waals surface area contributed by atoms with Crippen molar-refractivity contribution in [1.82, 2.24) is 15.4 Å². The van der Waals surface area contributed by atoms with Crippen molar-refractivity contribution >= 4 is 28.4 Å². The standard InChI is InChI=1S/C27H21N5O3.CH4/c1-15-18-10-20-24(12-23(18)35-31-15)34-14-27(20)19-4-2-3-5-22(19)32(26(27)33)13-16-6-8-17(9-7-16)21-11-25(28)30-29-21;/h2-12H,13-14H2,1H3,(H3,28,29,30);1H4. The summed E-state index contributed by atoms with van der Waals surface area (Å²) in [6.07, 6.45) is 0. The Balaban J connectivity index is 0.00000240. The van der Waals surface area contributed by atoms with Gasteiger partial charge in [0.05, 0.1) is 17.9 Å². The number of hydrogen-bond acceptors (Lipinski definition) is 6. The highest BCUT2D eigenvalue weighted by Gasteiger charge is 2.57. The van der Waals surface area contributed by atoms with E-state index in [9.17, 15) is 4.79 Å². The van der Waals surface area contributed by atoms with Crippen molar-refractivity contribution in [2.24, 2.45) is 0 Å². The molecule has 2 aliphatic rings. The number of nitrogen functional groups attached to an aromatic ring is 1. The second-order valence-corrected chi connectivity index (χ2v) is 9.12. The van der Waals surface area contributed by atoms with Crippen molar-refractivity contribution in [3.63, 3.8) is 0 Å². The molecule has 0 saturated carbocycles. The minimum absolute atomic E-state index is 0. The van der Waals surface area contributed by atoms with E-state index in [0.29, 0.717) is 23.7 Å². The highest BCUT2D eigenvalue weighted by atomic mass is 16.5. The number of aryl methyl sites for hydroxylation is 1. The molecule has 7 rings (SSSR count). The molecule has 3 N–H and O–H groups in total. The van der Waals surface area contributed by atoms with Gasteiger partial charge in [-0.25, -0.2) is 0 Å². The van der Waals surface area contributed by atoms with E-state index in [-0.39, 0.29) is 19.9 Å².